The first-order valence-electron chi connectivity index (χ1n) is 1.50. The van der Waals surface area contributed by atoms with Crippen LogP contribution in [0.25, 0.3) is 0 Å². The van der Waals surface area contributed by atoms with Gasteiger partial charge in [0.05, 0.1) is 21.1 Å². The SMILES string of the molecule is C[NH+](C)C.[Br-].[Br-].[NH4+]. The first-order chi connectivity index (χ1) is 1.73. The molecule has 4 heteroatoms. The van der Waals surface area contributed by atoms with E-state index in [1.807, 2.05) is 0 Å². The van der Waals surface area contributed by atoms with Gasteiger partial charge in [-0.05, 0) is 0 Å². The maximum atomic E-state index is 2.08. The van der Waals surface area contributed by atoms with Crippen molar-refractivity contribution in [3.63, 3.8) is 0 Å². The van der Waals surface area contributed by atoms with Gasteiger partial charge in [-0.2, -0.15) is 0 Å². The summed E-state index contributed by atoms with van der Waals surface area (Å²) in [5, 5.41) is 0. The summed E-state index contributed by atoms with van der Waals surface area (Å²) in [4.78, 5) is 1.42. The Balaban J connectivity index is -0.0000000150. The lowest BCUT2D eigenvalue weighted by molar-refractivity contribution is -0.836. The molecule has 0 saturated carbocycles. The van der Waals surface area contributed by atoms with Crippen molar-refractivity contribution >= 4 is 0 Å². The van der Waals surface area contributed by atoms with Crippen molar-refractivity contribution in [2.75, 3.05) is 21.1 Å². The molecule has 0 aliphatic carbocycles. The van der Waals surface area contributed by atoms with Gasteiger partial charge in [-0.1, -0.05) is 0 Å². The van der Waals surface area contributed by atoms with Gasteiger partial charge in [0.25, 0.3) is 0 Å². The van der Waals surface area contributed by atoms with Gasteiger partial charge in [-0.3, -0.25) is 0 Å². The molecule has 0 unspecified atom stereocenters. The minimum absolute atomic E-state index is 0. The molecule has 0 heterocycles. The number of quaternary nitrogens is 2. The van der Waals surface area contributed by atoms with Gasteiger partial charge in [0.2, 0.25) is 0 Å². The molecule has 2 nitrogen and oxygen atoms in total. The van der Waals surface area contributed by atoms with Crippen LogP contribution in [0.4, 0.5) is 0 Å². The standard InChI is InChI=1S/C3H9N.2BrH.H3N/c1-4(2)3;;;/h1-3H3;2*1H;1H3. The highest BCUT2D eigenvalue weighted by atomic mass is 79.9. The van der Waals surface area contributed by atoms with Crippen molar-refractivity contribution < 1.29 is 38.9 Å². The Kier molecular flexibility index (Phi) is 55.9. The third-order valence-electron chi connectivity index (χ3n) is 0. The Bertz CT molecular complexity index is 15.7. The van der Waals surface area contributed by atoms with E-state index in [2.05, 4.69) is 21.1 Å². The highest BCUT2D eigenvalue weighted by molar-refractivity contribution is 3.59. The molecular formula is C3H14Br2N2. The Hall–Kier alpha value is 0.880. The van der Waals surface area contributed by atoms with Crippen molar-refractivity contribution in [3.8, 4) is 0 Å². The first-order valence-corrected chi connectivity index (χ1v) is 1.50. The monoisotopic (exact) mass is 236 g/mol. The lowest BCUT2D eigenvalue weighted by Gasteiger charge is -1.88. The van der Waals surface area contributed by atoms with Gasteiger partial charge in [-0.15, -0.1) is 0 Å². The third kappa shape index (κ3) is 212. The maximum Gasteiger partial charge on any atom is 0.0661 e. The molecule has 0 rings (SSSR count). The molecular weight excluding hydrogens is 224 g/mol. The first kappa shape index (κ1) is 24.8. The van der Waals surface area contributed by atoms with Gasteiger partial charge in [-0.25, -0.2) is 0 Å². The quantitative estimate of drug-likeness (QED) is 0.421. The van der Waals surface area contributed by atoms with Crippen molar-refractivity contribution in [2.24, 2.45) is 0 Å². The fourth-order valence-electron chi connectivity index (χ4n) is 0. The molecule has 0 aromatic heterocycles. The average molecular weight is 238 g/mol. The van der Waals surface area contributed by atoms with E-state index in [0.717, 1.165) is 0 Å². The molecule has 0 bridgehead atoms. The van der Waals surface area contributed by atoms with Crippen molar-refractivity contribution in [2.45, 2.75) is 0 Å². The van der Waals surface area contributed by atoms with E-state index in [1.165, 1.54) is 4.90 Å². The van der Waals surface area contributed by atoms with E-state index >= 15 is 0 Å². The molecule has 0 fully saturated rings. The smallest absolute Gasteiger partial charge is 0.0661 e. The number of halogens is 2. The summed E-state index contributed by atoms with van der Waals surface area (Å²) >= 11 is 0. The molecule has 0 saturated heterocycles. The van der Waals surface area contributed by atoms with E-state index in [9.17, 15) is 0 Å². The zero-order valence-electron chi connectivity index (χ0n) is 5.26. The molecule has 0 amide bonds. The molecule has 0 aliphatic heterocycles. The Morgan fingerprint density at radius 1 is 0.857 bits per heavy atom. The van der Waals surface area contributed by atoms with E-state index < -0.39 is 0 Å². The summed E-state index contributed by atoms with van der Waals surface area (Å²) in [6.07, 6.45) is 0. The molecule has 0 aromatic carbocycles. The molecule has 0 radical (unpaired) electrons. The van der Waals surface area contributed by atoms with E-state index in [4.69, 9.17) is 0 Å². The van der Waals surface area contributed by atoms with Crippen LogP contribution in [0.15, 0.2) is 0 Å². The van der Waals surface area contributed by atoms with Crippen LogP contribution in [0, 0.1) is 0 Å². The molecule has 50 valence electrons. The summed E-state index contributed by atoms with van der Waals surface area (Å²) in [6, 6.07) is 0. The molecule has 0 spiro atoms. The molecule has 0 atom stereocenters. The number of hydrogen-bond donors (Lipinski definition) is 2. The Morgan fingerprint density at radius 3 is 0.857 bits per heavy atom. The Morgan fingerprint density at radius 2 is 0.857 bits per heavy atom. The van der Waals surface area contributed by atoms with Crippen molar-refractivity contribution in [3.05, 3.63) is 0 Å². The number of nitrogens with one attached hydrogen (secondary N) is 1. The van der Waals surface area contributed by atoms with Crippen LogP contribution in [0.3, 0.4) is 0 Å². The Labute approximate surface area is 66.4 Å². The zero-order chi connectivity index (χ0) is 3.58. The topological polar surface area (TPSA) is 40.9 Å². The van der Waals surface area contributed by atoms with Gasteiger partial charge < -0.3 is 45.0 Å². The van der Waals surface area contributed by atoms with Gasteiger partial charge >= 0.3 is 0 Å². The highest BCUT2D eigenvalue weighted by Gasteiger charge is 1.61. The van der Waals surface area contributed by atoms with Crippen LogP contribution in [0.2, 0.25) is 0 Å². The predicted octanol–water partition coefficient (Wildman–Crippen LogP) is -6.86. The summed E-state index contributed by atoms with van der Waals surface area (Å²) in [5.74, 6) is 0. The normalized spacial score (nSPS) is 5.14. The van der Waals surface area contributed by atoms with Crippen LogP contribution in [0.5, 0.6) is 0 Å². The molecule has 5 N–H and O–H groups in total. The molecule has 7 heavy (non-hydrogen) atoms. The number of rotatable bonds is 0. The van der Waals surface area contributed by atoms with Crippen molar-refractivity contribution in [1.82, 2.24) is 6.15 Å². The van der Waals surface area contributed by atoms with E-state index in [0.29, 0.717) is 0 Å². The van der Waals surface area contributed by atoms with Crippen LogP contribution in [-0.4, -0.2) is 21.1 Å². The number of hydrogen-bond acceptors (Lipinski definition) is 0. The van der Waals surface area contributed by atoms with Crippen molar-refractivity contribution in [1.29, 1.82) is 0 Å². The average Bonchev–Trinajstić information content (AvgIpc) is 0.811. The third-order valence-corrected chi connectivity index (χ3v) is 0. The zero-order valence-corrected chi connectivity index (χ0v) is 8.43. The summed E-state index contributed by atoms with van der Waals surface area (Å²) in [7, 11) is 6.25. The van der Waals surface area contributed by atoms with Crippen LogP contribution < -0.4 is 45.0 Å². The van der Waals surface area contributed by atoms with E-state index in [1.54, 1.807) is 0 Å². The van der Waals surface area contributed by atoms with Gasteiger partial charge in [0.15, 0.2) is 0 Å². The minimum atomic E-state index is 0. The second-order valence-corrected chi connectivity index (χ2v) is 1.50. The fourth-order valence-corrected chi connectivity index (χ4v) is 0. The largest absolute Gasteiger partial charge is 1.00 e. The van der Waals surface area contributed by atoms with Crippen LogP contribution in [-0.2, 0) is 0 Å². The summed E-state index contributed by atoms with van der Waals surface area (Å²) < 4.78 is 0. The molecule has 0 aliphatic rings. The maximum absolute atomic E-state index is 2.08. The summed E-state index contributed by atoms with van der Waals surface area (Å²) in [5.41, 5.74) is 0. The van der Waals surface area contributed by atoms with Crippen LogP contribution >= 0.6 is 0 Å². The predicted molar refractivity (Wildman–Crippen MR) is 24.7 cm³/mol. The second-order valence-electron chi connectivity index (χ2n) is 1.50. The van der Waals surface area contributed by atoms with Gasteiger partial charge in [0.1, 0.15) is 0 Å². The van der Waals surface area contributed by atoms with Crippen LogP contribution in [0.1, 0.15) is 0 Å². The fraction of sp³-hybridized carbons (Fsp3) is 1.00. The lowest BCUT2D eigenvalue weighted by atomic mass is 11.0. The minimum Gasteiger partial charge on any atom is -1.00 e. The van der Waals surface area contributed by atoms with E-state index in [-0.39, 0.29) is 40.1 Å². The highest BCUT2D eigenvalue weighted by Crippen LogP contribution is 0.864. The lowest BCUT2D eigenvalue weighted by Crippen LogP contribution is -3.02. The summed E-state index contributed by atoms with van der Waals surface area (Å²) in [6.45, 7) is 0. The van der Waals surface area contributed by atoms with Gasteiger partial charge in [0, 0.05) is 0 Å². The molecule has 0 aromatic rings. The second kappa shape index (κ2) is 15.8.